The van der Waals surface area contributed by atoms with E-state index in [-0.39, 0.29) is 17.5 Å². The Morgan fingerprint density at radius 3 is 2.80 bits per heavy atom. The third-order valence-corrected chi connectivity index (χ3v) is 4.24. The van der Waals surface area contributed by atoms with E-state index in [4.69, 9.17) is 4.74 Å². The zero-order chi connectivity index (χ0) is 17.8. The summed E-state index contributed by atoms with van der Waals surface area (Å²) in [5.41, 5.74) is 1.27. The van der Waals surface area contributed by atoms with Crippen LogP contribution in [0.1, 0.15) is 29.4 Å². The van der Waals surface area contributed by atoms with E-state index in [2.05, 4.69) is 15.6 Å². The molecule has 2 amide bonds. The minimum Gasteiger partial charge on any atom is -0.497 e. The monoisotopic (exact) mass is 343 g/mol. The molecule has 0 spiro atoms. The molecular formula is C17H21N5O3. The van der Waals surface area contributed by atoms with E-state index in [1.807, 2.05) is 31.2 Å². The van der Waals surface area contributed by atoms with Crippen LogP contribution in [0.3, 0.4) is 0 Å². The molecule has 1 aliphatic rings. The average Bonchev–Trinajstić information content (AvgIpc) is 3.10. The van der Waals surface area contributed by atoms with Crippen molar-refractivity contribution in [2.75, 3.05) is 20.2 Å². The molecular weight excluding hydrogens is 322 g/mol. The summed E-state index contributed by atoms with van der Waals surface area (Å²) in [4.78, 5) is 26.2. The zero-order valence-corrected chi connectivity index (χ0v) is 14.3. The van der Waals surface area contributed by atoms with Crippen LogP contribution in [0.5, 0.6) is 5.75 Å². The van der Waals surface area contributed by atoms with Crippen molar-refractivity contribution in [1.82, 2.24) is 25.2 Å². The number of carbonyl (C=O) groups is 2. The van der Waals surface area contributed by atoms with Crippen molar-refractivity contribution in [3.63, 3.8) is 0 Å². The molecule has 1 fully saturated rings. The average molecular weight is 343 g/mol. The number of aromatic nitrogens is 3. The summed E-state index contributed by atoms with van der Waals surface area (Å²) in [5, 5.41) is 10.8. The molecule has 0 radical (unpaired) electrons. The molecule has 1 aliphatic heterocycles. The molecule has 132 valence electrons. The smallest absolute Gasteiger partial charge is 0.276 e. The zero-order valence-electron chi connectivity index (χ0n) is 14.3. The lowest BCUT2D eigenvalue weighted by atomic mass is 10.1. The molecule has 8 nitrogen and oxygen atoms in total. The quantitative estimate of drug-likeness (QED) is 0.863. The Morgan fingerprint density at radius 1 is 1.36 bits per heavy atom. The first-order chi connectivity index (χ1) is 12.1. The number of ether oxygens (including phenoxy) is 1. The first-order valence-electron chi connectivity index (χ1n) is 8.24. The van der Waals surface area contributed by atoms with E-state index >= 15 is 0 Å². The molecule has 1 aromatic carbocycles. The van der Waals surface area contributed by atoms with Crippen LogP contribution in [0.15, 0.2) is 30.5 Å². The Bertz CT molecular complexity index is 756. The largest absolute Gasteiger partial charge is 0.497 e. The summed E-state index contributed by atoms with van der Waals surface area (Å²) in [7, 11) is 1.62. The lowest BCUT2D eigenvalue weighted by molar-refractivity contribution is -0.127. The van der Waals surface area contributed by atoms with Gasteiger partial charge >= 0.3 is 0 Å². The SMILES string of the molecule is CC[C@@H]1C(=O)NCCN1C(=O)c1cn(Cc2ccc(OC)cc2)nn1. The summed E-state index contributed by atoms with van der Waals surface area (Å²) in [6.45, 7) is 3.33. The van der Waals surface area contributed by atoms with Gasteiger partial charge in [-0.05, 0) is 24.1 Å². The molecule has 1 N–H and O–H groups in total. The third kappa shape index (κ3) is 3.62. The Kier molecular flexibility index (Phi) is 4.97. The highest BCUT2D eigenvalue weighted by atomic mass is 16.5. The van der Waals surface area contributed by atoms with Crippen molar-refractivity contribution in [2.45, 2.75) is 25.9 Å². The maximum atomic E-state index is 12.7. The van der Waals surface area contributed by atoms with Crippen LogP contribution in [-0.2, 0) is 11.3 Å². The van der Waals surface area contributed by atoms with Gasteiger partial charge in [0.05, 0.1) is 19.9 Å². The minimum absolute atomic E-state index is 0.118. The lowest BCUT2D eigenvalue weighted by Crippen LogP contribution is -2.57. The number of nitrogens with one attached hydrogen (secondary N) is 1. The van der Waals surface area contributed by atoms with Gasteiger partial charge in [-0.25, -0.2) is 4.68 Å². The number of methoxy groups -OCH3 is 1. The fourth-order valence-electron chi connectivity index (χ4n) is 2.90. The second-order valence-corrected chi connectivity index (χ2v) is 5.86. The van der Waals surface area contributed by atoms with E-state index in [9.17, 15) is 9.59 Å². The molecule has 8 heteroatoms. The summed E-state index contributed by atoms with van der Waals surface area (Å²) >= 11 is 0. The molecule has 0 aliphatic carbocycles. The lowest BCUT2D eigenvalue weighted by Gasteiger charge is -2.33. The van der Waals surface area contributed by atoms with Crippen molar-refractivity contribution < 1.29 is 14.3 Å². The van der Waals surface area contributed by atoms with Gasteiger partial charge in [0.15, 0.2) is 5.69 Å². The fourth-order valence-corrected chi connectivity index (χ4v) is 2.90. The first-order valence-corrected chi connectivity index (χ1v) is 8.24. The highest BCUT2D eigenvalue weighted by molar-refractivity contribution is 5.96. The molecule has 1 saturated heterocycles. The molecule has 3 rings (SSSR count). The normalized spacial score (nSPS) is 17.3. The highest BCUT2D eigenvalue weighted by Gasteiger charge is 2.33. The van der Waals surface area contributed by atoms with E-state index in [1.54, 1.807) is 22.9 Å². The number of hydrogen-bond acceptors (Lipinski definition) is 5. The molecule has 1 aromatic heterocycles. The maximum Gasteiger partial charge on any atom is 0.276 e. The molecule has 0 bridgehead atoms. The number of amides is 2. The molecule has 2 aromatic rings. The van der Waals surface area contributed by atoms with Crippen molar-refractivity contribution in [3.05, 3.63) is 41.7 Å². The molecule has 2 heterocycles. The molecule has 1 atom stereocenters. The second kappa shape index (κ2) is 7.33. The Hall–Kier alpha value is -2.90. The Morgan fingerprint density at radius 2 is 2.12 bits per heavy atom. The van der Waals surface area contributed by atoms with Gasteiger partial charge in [-0.1, -0.05) is 24.3 Å². The van der Waals surface area contributed by atoms with E-state index < -0.39 is 6.04 Å². The van der Waals surface area contributed by atoms with Crippen LogP contribution in [0.2, 0.25) is 0 Å². The van der Waals surface area contributed by atoms with Crippen LogP contribution in [0.4, 0.5) is 0 Å². The fraction of sp³-hybridized carbons (Fsp3) is 0.412. The van der Waals surface area contributed by atoms with E-state index in [1.165, 1.54) is 0 Å². The predicted octanol–water partition coefficient (Wildman–Crippen LogP) is 0.686. The summed E-state index contributed by atoms with van der Waals surface area (Å²) in [5.74, 6) is 0.405. The minimum atomic E-state index is -0.451. The highest BCUT2D eigenvalue weighted by Crippen LogP contribution is 2.14. The number of rotatable bonds is 5. The van der Waals surface area contributed by atoms with Crippen molar-refractivity contribution >= 4 is 11.8 Å². The summed E-state index contributed by atoms with van der Waals surface area (Å²) in [6, 6.07) is 7.16. The van der Waals surface area contributed by atoms with Gasteiger partial charge < -0.3 is 15.0 Å². The van der Waals surface area contributed by atoms with Gasteiger partial charge in [0.2, 0.25) is 5.91 Å². The van der Waals surface area contributed by atoms with Crippen LogP contribution in [0, 0.1) is 0 Å². The molecule has 25 heavy (non-hydrogen) atoms. The van der Waals surface area contributed by atoms with Crippen LogP contribution in [-0.4, -0.2) is 57.9 Å². The van der Waals surface area contributed by atoms with Gasteiger partial charge in [0, 0.05) is 13.1 Å². The van der Waals surface area contributed by atoms with Crippen LogP contribution < -0.4 is 10.1 Å². The Labute approximate surface area is 145 Å². The van der Waals surface area contributed by atoms with Gasteiger partial charge in [-0.2, -0.15) is 0 Å². The van der Waals surface area contributed by atoms with E-state index in [0.29, 0.717) is 26.1 Å². The predicted molar refractivity (Wildman–Crippen MR) is 90.2 cm³/mol. The Balaban J connectivity index is 1.71. The topological polar surface area (TPSA) is 89.4 Å². The van der Waals surface area contributed by atoms with Crippen LogP contribution >= 0.6 is 0 Å². The molecule has 0 saturated carbocycles. The number of nitrogens with zero attached hydrogens (tertiary/aromatic N) is 4. The van der Waals surface area contributed by atoms with Crippen molar-refractivity contribution in [3.8, 4) is 5.75 Å². The standard InChI is InChI=1S/C17H21N5O3/c1-3-15-16(23)18-8-9-22(15)17(24)14-11-21(20-19-14)10-12-4-6-13(25-2)7-5-12/h4-7,11,15H,3,8-10H2,1-2H3,(H,18,23)/t15-/m1/s1. The summed E-state index contributed by atoms with van der Waals surface area (Å²) in [6.07, 6.45) is 2.18. The van der Waals surface area contributed by atoms with E-state index in [0.717, 1.165) is 11.3 Å². The van der Waals surface area contributed by atoms with Gasteiger partial charge in [0.25, 0.3) is 5.91 Å². The second-order valence-electron chi connectivity index (χ2n) is 5.86. The number of carbonyl (C=O) groups excluding carboxylic acids is 2. The third-order valence-electron chi connectivity index (χ3n) is 4.24. The van der Waals surface area contributed by atoms with Gasteiger partial charge in [0.1, 0.15) is 11.8 Å². The van der Waals surface area contributed by atoms with Crippen molar-refractivity contribution in [1.29, 1.82) is 0 Å². The first kappa shape index (κ1) is 16.9. The van der Waals surface area contributed by atoms with Gasteiger partial charge in [-0.15, -0.1) is 5.10 Å². The van der Waals surface area contributed by atoms with Crippen molar-refractivity contribution in [2.24, 2.45) is 0 Å². The van der Waals surface area contributed by atoms with Crippen LogP contribution in [0.25, 0.3) is 0 Å². The number of hydrogen-bond donors (Lipinski definition) is 1. The van der Waals surface area contributed by atoms with Gasteiger partial charge in [-0.3, -0.25) is 9.59 Å². The maximum absolute atomic E-state index is 12.7. The molecule has 0 unspecified atom stereocenters. The number of benzene rings is 1. The summed E-state index contributed by atoms with van der Waals surface area (Å²) < 4.78 is 6.75. The number of piperazine rings is 1.